The normalized spacial score (nSPS) is 18.1. The lowest BCUT2D eigenvalue weighted by Crippen LogP contribution is -2.16. The summed E-state index contributed by atoms with van der Waals surface area (Å²) in [5, 5.41) is 0. The zero-order chi connectivity index (χ0) is 15.9. The summed E-state index contributed by atoms with van der Waals surface area (Å²) in [5.74, 6) is 0.574. The number of Topliss-reactive ketones (excluding diaryl/α,β-unsaturated/α-hetero) is 1. The van der Waals surface area contributed by atoms with Crippen molar-refractivity contribution in [1.29, 1.82) is 0 Å². The Hall–Kier alpha value is -1.89. The molecule has 1 aromatic rings. The first-order chi connectivity index (χ1) is 10.7. The van der Waals surface area contributed by atoms with Crippen LogP contribution >= 0.6 is 0 Å². The summed E-state index contributed by atoms with van der Waals surface area (Å²) in [6.45, 7) is 6.45. The fourth-order valence-corrected chi connectivity index (χ4v) is 2.70. The van der Waals surface area contributed by atoms with E-state index in [1.54, 1.807) is 0 Å². The molecule has 0 bridgehead atoms. The van der Waals surface area contributed by atoms with Crippen molar-refractivity contribution in [3.8, 4) is 0 Å². The highest BCUT2D eigenvalue weighted by atomic mass is 16.1. The van der Waals surface area contributed by atoms with Gasteiger partial charge in [0.1, 0.15) is 0 Å². The second-order valence-electron chi connectivity index (χ2n) is 6.07. The van der Waals surface area contributed by atoms with Gasteiger partial charge in [-0.3, -0.25) is 4.79 Å². The van der Waals surface area contributed by atoms with Crippen molar-refractivity contribution in [2.24, 2.45) is 5.92 Å². The van der Waals surface area contributed by atoms with Gasteiger partial charge >= 0.3 is 0 Å². The summed E-state index contributed by atoms with van der Waals surface area (Å²) in [4.78, 5) is 12.7. The molecule has 0 aliphatic heterocycles. The van der Waals surface area contributed by atoms with Crippen LogP contribution in [0.2, 0.25) is 0 Å². The van der Waals surface area contributed by atoms with Gasteiger partial charge in [-0.25, -0.2) is 0 Å². The van der Waals surface area contributed by atoms with Crippen LogP contribution in [-0.2, 0) is 4.79 Å². The fourth-order valence-electron chi connectivity index (χ4n) is 2.70. The summed E-state index contributed by atoms with van der Waals surface area (Å²) >= 11 is 0. The average molecular weight is 294 g/mol. The van der Waals surface area contributed by atoms with E-state index in [0.29, 0.717) is 5.92 Å². The van der Waals surface area contributed by atoms with Crippen LogP contribution in [0, 0.1) is 5.92 Å². The Balaban J connectivity index is 2.37. The molecule has 1 unspecified atom stereocenters. The molecule has 0 fully saturated rings. The molecule has 1 aliphatic rings. The van der Waals surface area contributed by atoms with Crippen molar-refractivity contribution in [2.75, 3.05) is 0 Å². The van der Waals surface area contributed by atoms with E-state index in [1.165, 1.54) is 5.56 Å². The first-order valence-electron chi connectivity index (χ1n) is 8.39. The van der Waals surface area contributed by atoms with Crippen LogP contribution in [0.3, 0.4) is 0 Å². The van der Waals surface area contributed by atoms with Gasteiger partial charge in [0.15, 0.2) is 5.78 Å². The maximum absolute atomic E-state index is 12.7. The van der Waals surface area contributed by atoms with Gasteiger partial charge in [-0.1, -0.05) is 57.5 Å². The monoisotopic (exact) mass is 294 g/mol. The number of hydrogen-bond donors (Lipinski definition) is 0. The van der Waals surface area contributed by atoms with Crippen LogP contribution in [-0.4, -0.2) is 5.78 Å². The van der Waals surface area contributed by atoms with Gasteiger partial charge in [0.05, 0.1) is 0 Å². The van der Waals surface area contributed by atoms with Crippen molar-refractivity contribution < 1.29 is 4.79 Å². The molecule has 0 N–H and O–H groups in total. The SMILES string of the molecule is CCCCC1=C/C(=C\c2ccccc2)C=C(C(C)CC)C1=O. The Morgan fingerprint density at radius 1 is 1.09 bits per heavy atom. The second-order valence-corrected chi connectivity index (χ2v) is 6.07. The van der Waals surface area contributed by atoms with E-state index in [9.17, 15) is 4.79 Å². The van der Waals surface area contributed by atoms with Gasteiger partial charge in [0, 0.05) is 11.1 Å². The molecule has 116 valence electrons. The number of carbonyl (C=O) groups is 1. The molecule has 0 amide bonds. The quantitative estimate of drug-likeness (QED) is 0.653. The summed E-state index contributed by atoms with van der Waals surface area (Å²) in [6.07, 6.45) is 10.4. The molecule has 0 aromatic heterocycles. The zero-order valence-electron chi connectivity index (χ0n) is 13.9. The molecule has 1 atom stereocenters. The molecule has 0 heterocycles. The first-order valence-corrected chi connectivity index (χ1v) is 8.39. The smallest absolute Gasteiger partial charge is 0.185 e. The van der Waals surface area contributed by atoms with Gasteiger partial charge in [-0.15, -0.1) is 0 Å². The van der Waals surface area contributed by atoms with Gasteiger partial charge in [0.2, 0.25) is 0 Å². The lowest BCUT2D eigenvalue weighted by molar-refractivity contribution is -0.113. The number of unbranched alkanes of at least 4 members (excludes halogenated alkanes) is 1. The lowest BCUT2D eigenvalue weighted by atomic mass is 9.83. The number of carbonyl (C=O) groups excluding carboxylic acids is 1. The molecule has 0 saturated heterocycles. The first kappa shape index (κ1) is 16.5. The van der Waals surface area contributed by atoms with Gasteiger partial charge in [-0.05, 0) is 54.5 Å². The standard InChI is InChI=1S/C21H26O/c1-4-6-12-19-14-18(13-17-10-8-7-9-11-17)15-20(21(19)22)16(3)5-2/h7-11,13-16H,4-6,12H2,1-3H3/b18-13+. The van der Waals surface area contributed by atoms with E-state index in [4.69, 9.17) is 0 Å². The van der Waals surface area contributed by atoms with Crippen LogP contribution in [0.15, 0.2) is 59.2 Å². The minimum Gasteiger partial charge on any atom is -0.289 e. The van der Waals surface area contributed by atoms with Crippen molar-refractivity contribution in [1.82, 2.24) is 0 Å². The van der Waals surface area contributed by atoms with Gasteiger partial charge in [-0.2, -0.15) is 0 Å². The second kappa shape index (κ2) is 7.93. The van der Waals surface area contributed by atoms with Gasteiger partial charge in [0.25, 0.3) is 0 Å². The molecule has 22 heavy (non-hydrogen) atoms. The Morgan fingerprint density at radius 2 is 1.82 bits per heavy atom. The number of ketones is 1. The number of benzene rings is 1. The predicted octanol–water partition coefficient (Wildman–Crippen LogP) is 5.74. The number of hydrogen-bond acceptors (Lipinski definition) is 1. The molecule has 1 aromatic carbocycles. The highest BCUT2D eigenvalue weighted by molar-refractivity contribution is 6.10. The summed E-state index contributed by atoms with van der Waals surface area (Å²) in [6, 6.07) is 10.3. The fraction of sp³-hybridized carbons (Fsp3) is 0.381. The number of rotatable bonds is 6. The van der Waals surface area contributed by atoms with E-state index >= 15 is 0 Å². The molecule has 1 aliphatic carbocycles. The van der Waals surface area contributed by atoms with Crippen molar-refractivity contribution in [3.05, 3.63) is 64.8 Å². The Kier molecular flexibility index (Phi) is 5.94. The van der Waals surface area contributed by atoms with E-state index < -0.39 is 0 Å². The summed E-state index contributed by atoms with van der Waals surface area (Å²) in [5.41, 5.74) is 4.27. The highest BCUT2D eigenvalue weighted by Crippen LogP contribution is 2.29. The largest absolute Gasteiger partial charge is 0.289 e. The van der Waals surface area contributed by atoms with Crippen molar-refractivity contribution in [3.63, 3.8) is 0 Å². The summed E-state index contributed by atoms with van der Waals surface area (Å²) in [7, 11) is 0. The predicted molar refractivity (Wildman–Crippen MR) is 94.6 cm³/mol. The number of allylic oxidation sites excluding steroid dienone is 5. The Bertz CT molecular complexity index is 602. The van der Waals surface area contributed by atoms with Crippen LogP contribution in [0.4, 0.5) is 0 Å². The zero-order valence-corrected chi connectivity index (χ0v) is 13.9. The molecule has 2 rings (SSSR count). The molecule has 0 spiro atoms. The molecular weight excluding hydrogens is 268 g/mol. The summed E-state index contributed by atoms with van der Waals surface area (Å²) < 4.78 is 0. The topological polar surface area (TPSA) is 17.1 Å². The Labute approximate surface area is 134 Å². The molecule has 0 saturated carbocycles. The van der Waals surface area contributed by atoms with Gasteiger partial charge < -0.3 is 0 Å². The highest BCUT2D eigenvalue weighted by Gasteiger charge is 2.22. The maximum Gasteiger partial charge on any atom is 0.185 e. The average Bonchev–Trinajstić information content (AvgIpc) is 2.55. The van der Waals surface area contributed by atoms with E-state index in [-0.39, 0.29) is 5.78 Å². The van der Waals surface area contributed by atoms with E-state index in [2.05, 4.69) is 51.1 Å². The van der Waals surface area contributed by atoms with Crippen molar-refractivity contribution in [2.45, 2.75) is 46.5 Å². The third kappa shape index (κ3) is 4.07. The molecule has 1 nitrogen and oxygen atoms in total. The van der Waals surface area contributed by atoms with Crippen LogP contribution in [0.25, 0.3) is 6.08 Å². The molecule has 1 heteroatoms. The molecule has 0 radical (unpaired) electrons. The molecular formula is C21H26O. The van der Waals surface area contributed by atoms with Crippen molar-refractivity contribution >= 4 is 11.9 Å². The minimum absolute atomic E-state index is 0.257. The van der Waals surface area contributed by atoms with Crippen LogP contribution < -0.4 is 0 Å². The van der Waals surface area contributed by atoms with E-state index in [1.807, 2.05) is 18.2 Å². The minimum atomic E-state index is 0.257. The maximum atomic E-state index is 12.7. The third-order valence-electron chi connectivity index (χ3n) is 4.29. The van der Waals surface area contributed by atoms with Crippen LogP contribution in [0.1, 0.15) is 52.0 Å². The Morgan fingerprint density at radius 3 is 2.45 bits per heavy atom. The van der Waals surface area contributed by atoms with Crippen LogP contribution in [0.5, 0.6) is 0 Å². The third-order valence-corrected chi connectivity index (χ3v) is 4.29. The van der Waals surface area contributed by atoms with E-state index in [0.717, 1.165) is 42.4 Å². The lowest BCUT2D eigenvalue weighted by Gasteiger charge is -2.20.